The number of amides is 3. The first kappa shape index (κ1) is 23.9. The predicted molar refractivity (Wildman–Crippen MR) is 114 cm³/mol. The van der Waals surface area contributed by atoms with Gasteiger partial charge in [0.05, 0.1) is 19.6 Å². The molecule has 1 unspecified atom stereocenters. The standard InChI is InChI=1S/C22H30ClF2N3O3/c1-15-6-5-9-28(15,20(30)31-21(2,3)4)19(29)26-11-17-10-18(23)8-7-16(17)12-27-13-22(24,25)14-27/h7-8,10,15H,5-6,9,11-14H2,1-4H3/p+1/t15-,28?/m1/s1. The van der Waals surface area contributed by atoms with Gasteiger partial charge in [0.2, 0.25) is 0 Å². The van der Waals surface area contributed by atoms with Crippen LogP contribution < -0.4 is 5.32 Å². The summed E-state index contributed by atoms with van der Waals surface area (Å²) in [4.78, 5) is 27.9. The Morgan fingerprint density at radius 1 is 1.29 bits per heavy atom. The molecular weight excluding hydrogens is 428 g/mol. The van der Waals surface area contributed by atoms with Gasteiger partial charge in [-0.2, -0.15) is 4.79 Å². The molecular formula is C22H31ClF2N3O3+. The quantitative estimate of drug-likeness (QED) is 0.649. The molecule has 0 saturated carbocycles. The topological polar surface area (TPSA) is 58.6 Å². The van der Waals surface area contributed by atoms with Crippen molar-refractivity contribution in [2.75, 3.05) is 19.6 Å². The lowest BCUT2D eigenvalue weighted by atomic mass is 10.0. The molecule has 0 aliphatic carbocycles. The van der Waals surface area contributed by atoms with E-state index in [1.807, 2.05) is 6.92 Å². The zero-order valence-electron chi connectivity index (χ0n) is 18.5. The highest BCUT2D eigenvalue weighted by Crippen LogP contribution is 2.31. The van der Waals surface area contributed by atoms with Crippen molar-refractivity contribution in [2.45, 2.75) is 71.2 Å². The molecule has 1 N–H and O–H groups in total. The molecule has 2 fully saturated rings. The third-order valence-corrected chi connectivity index (χ3v) is 6.10. The summed E-state index contributed by atoms with van der Waals surface area (Å²) in [5.41, 5.74) is 0.855. The maximum Gasteiger partial charge on any atom is 0.525 e. The number of hydrogen-bond acceptors (Lipinski definition) is 4. The van der Waals surface area contributed by atoms with E-state index in [1.165, 1.54) is 0 Å². The van der Waals surface area contributed by atoms with Crippen molar-refractivity contribution in [1.82, 2.24) is 10.2 Å². The number of quaternary nitrogens is 1. The summed E-state index contributed by atoms with van der Waals surface area (Å²) >= 11 is 6.14. The van der Waals surface area contributed by atoms with Crippen LogP contribution in [0.15, 0.2) is 18.2 Å². The number of hydrogen-bond donors (Lipinski definition) is 1. The van der Waals surface area contributed by atoms with Crippen molar-refractivity contribution < 1.29 is 27.6 Å². The molecule has 2 atom stereocenters. The van der Waals surface area contributed by atoms with E-state index in [0.29, 0.717) is 18.1 Å². The van der Waals surface area contributed by atoms with Crippen LogP contribution in [-0.4, -0.2) is 58.7 Å². The summed E-state index contributed by atoms with van der Waals surface area (Å²) in [6, 6.07) is 4.60. The van der Waals surface area contributed by atoms with Gasteiger partial charge in [-0.05, 0) is 51.0 Å². The average Bonchev–Trinajstić information content (AvgIpc) is 3.01. The first-order valence-corrected chi connectivity index (χ1v) is 11.0. The Kier molecular flexibility index (Phi) is 6.65. The second kappa shape index (κ2) is 8.64. The van der Waals surface area contributed by atoms with Crippen molar-refractivity contribution in [1.29, 1.82) is 0 Å². The smallest absolute Gasteiger partial charge is 0.414 e. The van der Waals surface area contributed by atoms with Crippen molar-refractivity contribution in [3.8, 4) is 0 Å². The highest BCUT2D eigenvalue weighted by atomic mass is 35.5. The zero-order chi connectivity index (χ0) is 23.0. The number of nitrogens with zero attached hydrogens (tertiary/aromatic N) is 2. The molecule has 6 nitrogen and oxygen atoms in total. The van der Waals surface area contributed by atoms with E-state index in [2.05, 4.69) is 5.32 Å². The monoisotopic (exact) mass is 458 g/mol. The average molecular weight is 459 g/mol. The third kappa shape index (κ3) is 5.35. The first-order chi connectivity index (χ1) is 14.3. The second-order valence-corrected chi connectivity index (χ2v) is 10.1. The summed E-state index contributed by atoms with van der Waals surface area (Å²) < 4.78 is 31.6. The van der Waals surface area contributed by atoms with Crippen LogP contribution in [0, 0.1) is 0 Å². The molecule has 2 heterocycles. The fourth-order valence-corrected chi connectivity index (χ4v) is 4.46. The van der Waals surface area contributed by atoms with Crippen LogP contribution >= 0.6 is 11.6 Å². The van der Waals surface area contributed by atoms with Crippen LogP contribution in [0.4, 0.5) is 18.4 Å². The number of carbonyl (C=O) groups excluding carboxylic acids is 2. The number of imide groups is 1. The van der Waals surface area contributed by atoms with Gasteiger partial charge < -0.3 is 10.1 Å². The van der Waals surface area contributed by atoms with Gasteiger partial charge in [0.1, 0.15) is 11.6 Å². The molecule has 2 aliphatic rings. The van der Waals surface area contributed by atoms with Gasteiger partial charge in [0.15, 0.2) is 0 Å². The SMILES string of the molecule is C[C@@H]1CCC[N+]1(C(=O)NCc1cc(Cl)ccc1CN1CC(F)(F)C1)C(=O)OC(C)(C)C. The van der Waals surface area contributed by atoms with E-state index < -0.39 is 28.1 Å². The normalized spacial score (nSPS) is 25.7. The molecule has 3 rings (SSSR count). The molecule has 31 heavy (non-hydrogen) atoms. The number of urea groups is 1. The lowest BCUT2D eigenvalue weighted by molar-refractivity contribution is -0.789. The summed E-state index contributed by atoms with van der Waals surface area (Å²) in [7, 11) is 0. The van der Waals surface area contributed by atoms with E-state index >= 15 is 0 Å². The summed E-state index contributed by atoms with van der Waals surface area (Å²) in [5, 5.41) is 3.37. The van der Waals surface area contributed by atoms with Gasteiger partial charge in [0, 0.05) is 31.0 Å². The number of benzene rings is 1. The molecule has 2 saturated heterocycles. The van der Waals surface area contributed by atoms with Crippen molar-refractivity contribution in [3.05, 3.63) is 34.3 Å². The molecule has 172 valence electrons. The Hall–Kier alpha value is -1.77. The largest absolute Gasteiger partial charge is 0.525 e. The Morgan fingerprint density at radius 3 is 2.52 bits per heavy atom. The van der Waals surface area contributed by atoms with E-state index in [-0.39, 0.29) is 25.7 Å². The van der Waals surface area contributed by atoms with E-state index in [9.17, 15) is 18.4 Å². The van der Waals surface area contributed by atoms with E-state index in [1.54, 1.807) is 43.9 Å². The molecule has 3 amide bonds. The number of nitrogens with one attached hydrogen (secondary N) is 1. The van der Waals surface area contributed by atoms with Crippen LogP contribution in [0.2, 0.25) is 5.02 Å². The highest BCUT2D eigenvalue weighted by Gasteiger charge is 2.55. The Bertz CT molecular complexity index is 851. The fraction of sp³-hybridized carbons (Fsp3) is 0.636. The number of likely N-dealkylation sites (tertiary alicyclic amines) is 2. The first-order valence-electron chi connectivity index (χ1n) is 10.6. The molecule has 9 heteroatoms. The molecule has 0 spiro atoms. The van der Waals surface area contributed by atoms with Crippen LogP contribution in [0.5, 0.6) is 0 Å². The minimum Gasteiger partial charge on any atom is -0.414 e. The Morgan fingerprint density at radius 2 is 1.97 bits per heavy atom. The summed E-state index contributed by atoms with van der Waals surface area (Å²) in [5.74, 6) is -2.64. The van der Waals surface area contributed by atoms with Crippen LogP contribution in [0.1, 0.15) is 51.7 Å². The minimum absolute atomic E-state index is 0.147. The number of ether oxygens (including phenoxy) is 1. The molecule has 2 aliphatic heterocycles. The maximum absolute atomic E-state index is 13.3. The van der Waals surface area contributed by atoms with Gasteiger partial charge >= 0.3 is 12.1 Å². The van der Waals surface area contributed by atoms with Crippen LogP contribution in [0.25, 0.3) is 0 Å². The minimum atomic E-state index is -2.64. The summed E-state index contributed by atoms with van der Waals surface area (Å²) in [6.45, 7) is 7.52. The van der Waals surface area contributed by atoms with E-state index in [0.717, 1.165) is 24.0 Å². The predicted octanol–water partition coefficient (Wildman–Crippen LogP) is 4.93. The lowest BCUT2D eigenvalue weighted by Crippen LogP contribution is -2.63. The molecule has 1 aromatic carbocycles. The molecule has 0 bridgehead atoms. The number of carbonyl (C=O) groups is 2. The van der Waals surface area contributed by atoms with Gasteiger partial charge in [-0.3, -0.25) is 4.90 Å². The van der Waals surface area contributed by atoms with Crippen molar-refractivity contribution in [2.24, 2.45) is 0 Å². The van der Waals surface area contributed by atoms with E-state index in [4.69, 9.17) is 16.3 Å². The van der Waals surface area contributed by atoms with Gasteiger partial charge in [-0.1, -0.05) is 17.7 Å². The Balaban J connectivity index is 1.74. The summed E-state index contributed by atoms with van der Waals surface area (Å²) in [6.07, 6.45) is 0.946. The number of alkyl halides is 2. The number of halogens is 3. The molecule has 1 aromatic rings. The van der Waals surface area contributed by atoms with Crippen LogP contribution in [0.3, 0.4) is 0 Å². The fourth-order valence-electron chi connectivity index (χ4n) is 4.26. The van der Waals surface area contributed by atoms with Crippen molar-refractivity contribution in [3.63, 3.8) is 0 Å². The van der Waals surface area contributed by atoms with Gasteiger partial charge in [-0.15, -0.1) is 4.48 Å². The lowest BCUT2D eigenvalue weighted by Gasteiger charge is -2.39. The zero-order valence-corrected chi connectivity index (χ0v) is 19.3. The second-order valence-electron chi connectivity index (χ2n) is 9.64. The van der Waals surface area contributed by atoms with Crippen molar-refractivity contribution >= 4 is 23.7 Å². The number of rotatable bonds is 4. The molecule has 0 aromatic heterocycles. The maximum atomic E-state index is 13.3. The third-order valence-electron chi connectivity index (χ3n) is 5.87. The highest BCUT2D eigenvalue weighted by molar-refractivity contribution is 6.30. The van der Waals surface area contributed by atoms with Gasteiger partial charge in [-0.25, -0.2) is 13.6 Å². The molecule has 0 radical (unpaired) electrons. The van der Waals surface area contributed by atoms with Crippen LogP contribution in [-0.2, 0) is 17.8 Å². The Labute approximate surface area is 187 Å². The van der Waals surface area contributed by atoms with Gasteiger partial charge in [0.25, 0.3) is 5.92 Å².